The Bertz CT molecular complexity index is 6060. The molecule has 0 aromatic heterocycles. The van der Waals surface area contributed by atoms with E-state index in [0.717, 1.165) is 0 Å². The van der Waals surface area contributed by atoms with Gasteiger partial charge in [-0.3, -0.25) is 0 Å². The van der Waals surface area contributed by atoms with Gasteiger partial charge in [-0.2, -0.15) is 0 Å². The lowest BCUT2D eigenvalue weighted by Crippen LogP contribution is -1.92. The Balaban J connectivity index is 0.000000138. The highest BCUT2D eigenvalue weighted by atomic mass is 14.2. The molecule has 0 atom stereocenters. The SMILES string of the molecule is c1ccc(-c2c3ccccc3c(-c3ccc(-c4cc5c6ccccc6c6ccccc6c5c5ccccc45)cc3)c3ccccc23)cc1.c1ccc(-c2ccc(-c3c4ccccc4c(-c4ccc(-c5ccc6ccccc6c5)cc4)c4ccccc34)c3ccccc23)cc1. The average molecular weight is 1190 g/mol. The van der Waals surface area contributed by atoms with Gasteiger partial charge in [0.1, 0.15) is 0 Å². The molecule has 0 heteroatoms. The summed E-state index contributed by atoms with van der Waals surface area (Å²) in [6, 6.07) is 133. The molecule has 0 fully saturated rings. The van der Waals surface area contributed by atoms with Gasteiger partial charge in [-0.05, 0) is 198 Å². The van der Waals surface area contributed by atoms with Crippen LogP contribution < -0.4 is 0 Å². The molecule has 0 amide bonds. The van der Waals surface area contributed by atoms with Crippen molar-refractivity contribution >= 4 is 108 Å². The first-order valence-corrected chi connectivity index (χ1v) is 32.6. The summed E-state index contributed by atoms with van der Waals surface area (Å²) in [6.07, 6.45) is 0. The fourth-order valence-electron chi connectivity index (χ4n) is 15.5. The Hall–Kier alpha value is -12.2. The maximum atomic E-state index is 2.43. The van der Waals surface area contributed by atoms with Crippen LogP contribution in [-0.4, -0.2) is 0 Å². The molecule has 436 valence electrons. The molecule has 0 bridgehead atoms. The average Bonchev–Trinajstić information content (AvgIpc) is 0.733. The number of benzene rings is 19. The van der Waals surface area contributed by atoms with Crippen LogP contribution in [0.3, 0.4) is 0 Å². The Morgan fingerprint density at radius 3 is 0.894 bits per heavy atom. The van der Waals surface area contributed by atoms with E-state index in [1.165, 1.54) is 186 Å². The van der Waals surface area contributed by atoms with E-state index in [1.54, 1.807) is 0 Å². The van der Waals surface area contributed by atoms with Crippen LogP contribution in [-0.2, 0) is 0 Å². The second kappa shape index (κ2) is 22.9. The minimum Gasteiger partial charge on any atom is -0.0622 e. The summed E-state index contributed by atoms with van der Waals surface area (Å²) in [4.78, 5) is 0. The third-order valence-electron chi connectivity index (χ3n) is 19.7. The molecule has 0 unspecified atom stereocenters. The van der Waals surface area contributed by atoms with Gasteiger partial charge in [0.2, 0.25) is 0 Å². The van der Waals surface area contributed by atoms with Gasteiger partial charge in [-0.25, -0.2) is 0 Å². The molecule has 0 heterocycles. The minimum absolute atomic E-state index is 1.23. The first-order chi connectivity index (χ1) is 46.7. The summed E-state index contributed by atoms with van der Waals surface area (Å²) in [6.45, 7) is 0. The standard InChI is InChI=1S/C48H30.C46H30/c1-2-14-32(15-3-1)46-40-22-10-12-24-42(40)47(43-25-13-11-23-41(43)46)33-28-26-31(27-29-33)44-30-45-36-18-5-4-16-34(36)35-17-6-8-20-38(35)48(45)39-21-9-7-19-37(39)44;1-2-13-33(14-3-1)37-28-29-44(39-17-7-6-16-38(37)39)46-42-20-10-8-18-40(42)45(41-19-9-11-21-43(41)46)34-25-22-32(23-26-34)36-27-24-31-12-4-5-15-35(31)30-36/h1-30H;1-30H. The lowest BCUT2D eigenvalue weighted by molar-refractivity contribution is 1.62. The van der Waals surface area contributed by atoms with Crippen LogP contribution in [0.1, 0.15) is 0 Å². The molecule has 19 aromatic rings. The van der Waals surface area contributed by atoms with Gasteiger partial charge in [0.25, 0.3) is 0 Å². The fraction of sp³-hybridized carbons (Fsp3) is 0. The molecule has 0 N–H and O–H groups in total. The first kappa shape index (κ1) is 54.7. The van der Waals surface area contributed by atoms with E-state index in [0.29, 0.717) is 0 Å². The van der Waals surface area contributed by atoms with E-state index < -0.39 is 0 Å². The fourth-order valence-corrected chi connectivity index (χ4v) is 15.5. The lowest BCUT2D eigenvalue weighted by atomic mass is 9.83. The smallest absolute Gasteiger partial charge is 0.00199 e. The number of rotatable bonds is 7. The van der Waals surface area contributed by atoms with E-state index >= 15 is 0 Å². The van der Waals surface area contributed by atoms with Gasteiger partial charge in [0.05, 0.1) is 0 Å². The first-order valence-electron chi connectivity index (χ1n) is 32.6. The van der Waals surface area contributed by atoms with Crippen LogP contribution in [0.15, 0.2) is 364 Å². The van der Waals surface area contributed by atoms with Crippen molar-refractivity contribution < 1.29 is 0 Å². The van der Waals surface area contributed by atoms with Crippen molar-refractivity contribution in [2.45, 2.75) is 0 Å². The van der Waals surface area contributed by atoms with Crippen molar-refractivity contribution in [3.05, 3.63) is 364 Å². The predicted octanol–water partition coefficient (Wildman–Crippen LogP) is 26.6. The molecule has 0 nitrogen and oxygen atoms in total. The Kier molecular flexibility index (Phi) is 13.3. The lowest BCUT2D eigenvalue weighted by Gasteiger charge is -2.20. The largest absolute Gasteiger partial charge is 0.0622 e. The van der Waals surface area contributed by atoms with Crippen LogP contribution in [0, 0.1) is 0 Å². The van der Waals surface area contributed by atoms with Gasteiger partial charge in [-0.1, -0.05) is 352 Å². The zero-order valence-corrected chi connectivity index (χ0v) is 51.6. The second-order valence-corrected chi connectivity index (χ2v) is 24.8. The molecule has 0 radical (unpaired) electrons. The number of hydrogen-bond donors (Lipinski definition) is 0. The number of hydrogen-bond acceptors (Lipinski definition) is 0. The van der Waals surface area contributed by atoms with Crippen molar-refractivity contribution in [3.63, 3.8) is 0 Å². The highest BCUT2D eigenvalue weighted by Crippen LogP contribution is 2.49. The van der Waals surface area contributed by atoms with E-state index in [1.807, 2.05) is 0 Å². The molecule has 0 saturated carbocycles. The minimum atomic E-state index is 1.23. The van der Waals surface area contributed by atoms with Crippen molar-refractivity contribution in [3.8, 4) is 77.9 Å². The normalized spacial score (nSPS) is 11.6. The van der Waals surface area contributed by atoms with Crippen LogP contribution in [0.5, 0.6) is 0 Å². The summed E-state index contributed by atoms with van der Waals surface area (Å²) in [5.74, 6) is 0. The summed E-state index contributed by atoms with van der Waals surface area (Å²) in [7, 11) is 0. The quantitative estimate of drug-likeness (QED) is 0.110. The molecular weight excluding hydrogens is 1130 g/mol. The Morgan fingerprint density at radius 2 is 0.404 bits per heavy atom. The van der Waals surface area contributed by atoms with E-state index in [9.17, 15) is 0 Å². The Morgan fingerprint density at radius 1 is 0.117 bits per heavy atom. The van der Waals surface area contributed by atoms with Gasteiger partial charge >= 0.3 is 0 Å². The molecule has 0 saturated heterocycles. The van der Waals surface area contributed by atoms with Crippen molar-refractivity contribution in [1.29, 1.82) is 0 Å². The van der Waals surface area contributed by atoms with Crippen LogP contribution in [0.2, 0.25) is 0 Å². The maximum Gasteiger partial charge on any atom is -0.00199 e. The van der Waals surface area contributed by atoms with Gasteiger partial charge < -0.3 is 0 Å². The summed E-state index contributed by atoms with van der Waals surface area (Å²) < 4.78 is 0. The van der Waals surface area contributed by atoms with Gasteiger partial charge in [0.15, 0.2) is 0 Å². The summed E-state index contributed by atoms with van der Waals surface area (Å²) >= 11 is 0. The van der Waals surface area contributed by atoms with Crippen LogP contribution >= 0.6 is 0 Å². The van der Waals surface area contributed by atoms with E-state index in [2.05, 4.69) is 364 Å². The van der Waals surface area contributed by atoms with Gasteiger partial charge in [0, 0.05) is 0 Å². The third-order valence-corrected chi connectivity index (χ3v) is 19.7. The molecule has 0 aliphatic rings. The molecule has 0 aliphatic heterocycles. The van der Waals surface area contributed by atoms with Crippen LogP contribution in [0.4, 0.5) is 0 Å². The zero-order valence-electron chi connectivity index (χ0n) is 51.6. The van der Waals surface area contributed by atoms with Crippen LogP contribution in [0.25, 0.3) is 186 Å². The highest BCUT2D eigenvalue weighted by Gasteiger charge is 2.22. The molecule has 0 aliphatic carbocycles. The predicted molar refractivity (Wildman–Crippen MR) is 406 cm³/mol. The van der Waals surface area contributed by atoms with Gasteiger partial charge in [-0.15, -0.1) is 0 Å². The third kappa shape index (κ3) is 9.14. The zero-order chi connectivity index (χ0) is 62.1. The topological polar surface area (TPSA) is 0 Å². The second-order valence-electron chi connectivity index (χ2n) is 24.8. The molecular formula is C94H60. The summed E-state index contributed by atoms with van der Waals surface area (Å²) in [5, 5.41) is 25.7. The molecule has 94 heavy (non-hydrogen) atoms. The Labute approximate surface area is 546 Å². The highest BCUT2D eigenvalue weighted by molar-refractivity contribution is 6.33. The summed E-state index contributed by atoms with van der Waals surface area (Å²) in [5.41, 5.74) is 17.6. The number of fused-ring (bicyclic) bond motifs is 14. The van der Waals surface area contributed by atoms with Crippen molar-refractivity contribution in [2.75, 3.05) is 0 Å². The monoisotopic (exact) mass is 1190 g/mol. The molecule has 19 aromatic carbocycles. The van der Waals surface area contributed by atoms with Crippen molar-refractivity contribution in [2.24, 2.45) is 0 Å². The molecule has 0 spiro atoms. The van der Waals surface area contributed by atoms with E-state index in [4.69, 9.17) is 0 Å². The van der Waals surface area contributed by atoms with Crippen molar-refractivity contribution in [1.82, 2.24) is 0 Å². The van der Waals surface area contributed by atoms with E-state index in [-0.39, 0.29) is 0 Å². The maximum absolute atomic E-state index is 2.43. The molecule has 19 rings (SSSR count).